The van der Waals surface area contributed by atoms with Gasteiger partial charge in [0.2, 0.25) is 0 Å². The van der Waals surface area contributed by atoms with Gasteiger partial charge >= 0.3 is 0 Å². The number of nitrogens with zero attached hydrogens (tertiary/aromatic N) is 3. The van der Waals surface area contributed by atoms with E-state index in [0.717, 1.165) is 16.7 Å². The summed E-state index contributed by atoms with van der Waals surface area (Å²) in [4.78, 5) is 25.8. The van der Waals surface area contributed by atoms with E-state index in [1.165, 1.54) is 0 Å². The maximum Gasteiger partial charge on any atom is 0.189 e. The highest BCUT2D eigenvalue weighted by Gasteiger charge is 2.32. The molecule has 0 aliphatic carbocycles. The molecule has 0 amide bonds. The summed E-state index contributed by atoms with van der Waals surface area (Å²) < 4.78 is 0. The number of anilines is 1. The smallest absolute Gasteiger partial charge is 0.189 e. The van der Waals surface area contributed by atoms with E-state index in [9.17, 15) is 4.79 Å². The average molecular weight is 291 g/mol. The summed E-state index contributed by atoms with van der Waals surface area (Å²) in [6, 6.07) is 11.3. The lowest BCUT2D eigenvalue weighted by atomic mass is 10.2. The van der Waals surface area contributed by atoms with Crippen LogP contribution in [-0.2, 0) is 4.79 Å². The Bertz CT molecular complexity index is 864. The van der Waals surface area contributed by atoms with Gasteiger partial charge in [-0.1, -0.05) is 12.1 Å². The van der Waals surface area contributed by atoms with Crippen molar-refractivity contribution in [1.82, 2.24) is 15.0 Å². The second kappa shape index (κ2) is 4.70. The van der Waals surface area contributed by atoms with E-state index in [0.29, 0.717) is 17.2 Å². The fourth-order valence-electron chi connectivity index (χ4n) is 2.65. The highest BCUT2D eigenvalue weighted by Crippen LogP contribution is 2.29. The van der Waals surface area contributed by atoms with Crippen molar-refractivity contribution >= 4 is 28.1 Å². The molecule has 3 N–H and O–H groups in total. The minimum absolute atomic E-state index is 0.0552. The SMILES string of the molecule is NC1=C(c2nc3ccccc3[nH]2)C(=O)CN1c1cccnc1. The number of hydrogen-bond donors (Lipinski definition) is 2. The number of benzene rings is 1. The van der Waals surface area contributed by atoms with Crippen molar-refractivity contribution in [3.8, 4) is 0 Å². The summed E-state index contributed by atoms with van der Waals surface area (Å²) in [7, 11) is 0. The third kappa shape index (κ3) is 1.85. The van der Waals surface area contributed by atoms with Crippen LogP contribution in [0.2, 0.25) is 0 Å². The van der Waals surface area contributed by atoms with Gasteiger partial charge in [0.25, 0.3) is 0 Å². The predicted octanol–water partition coefficient (Wildman–Crippen LogP) is 1.67. The van der Waals surface area contributed by atoms with Crippen LogP contribution in [0.1, 0.15) is 5.82 Å². The van der Waals surface area contributed by atoms with Gasteiger partial charge in [0.05, 0.1) is 29.5 Å². The molecule has 3 heterocycles. The fourth-order valence-corrected chi connectivity index (χ4v) is 2.65. The second-order valence-corrected chi connectivity index (χ2v) is 5.08. The van der Waals surface area contributed by atoms with Gasteiger partial charge in [0, 0.05) is 6.20 Å². The van der Waals surface area contributed by atoms with Crippen molar-refractivity contribution in [1.29, 1.82) is 0 Å². The number of H-pyrrole nitrogens is 1. The molecule has 2 aromatic heterocycles. The number of imidazole rings is 1. The van der Waals surface area contributed by atoms with Crippen molar-refractivity contribution in [2.24, 2.45) is 5.73 Å². The Hall–Kier alpha value is -3.15. The summed E-state index contributed by atoms with van der Waals surface area (Å²) in [6.45, 7) is 0.198. The Morgan fingerprint density at radius 3 is 2.82 bits per heavy atom. The molecule has 0 spiro atoms. The van der Waals surface area contributed by atoms with Crippen LogP contribution in [0, 0.1) is 0 Å². The molecule has 0 bridgehead atoms. The first kappa shape index (κ1) is 12.6. The number of fused-ring (bicyclic) bond motifs is 1. The number of para-hydroxylation sites is 2. The third-order valence-corrected chi connectivity index (χ3v) is 3.71. The van der Waals surface area contributed by atoms with Crippen molar-refractivity contribution < 1.29 is 4.79 Å². The number of ketones is 1. The number of pyridine rings is 1. The average Bonchev–Trinajstić information content (AvgIpc) is 3.08. The van der Waals surface area contributed by atoms with E-state index in [1.54, 1.807) is 17.3 Å². The molecule has 0 fully saturated rings. The summed E-state index contributed by atoms with van der Waals surface area (Å²) in [5.74, 6) is 0.854. The standard InChI is InChI=1S/C16H13N5O/c17-15-14(16-19-11-5-1-2-6-12(11)20-16)13(22)9-21(15)10-4-3-7-18-8-10/h1-8H,9,17H2,(H,19,20). The van der Waals surface area contributed by atoms with Gasteiger partial charge in [-0.15, -0.1) is 0 Å². The van der Waals surface area contributed by atoms with Gasteiger partial charge in [-0.05, 0) is 24.3 Å². The number of carbonyl (C=O) groups is 1. The van der Waals surface area contributed by atoms with Crippen LogP contribution >= 0.6 is 0 Å². The van der Waals surface area contributed by atoms with Crippen molar-refractivity contribution in [2.75, 3.05) is 11.4 Å². The van der Waals surface area contributed by atoms with Crippen LogP contribution < -0.4 is 10.6 Å². The summed E-state index contributed by atoms with van der Waals surface area (Å²) in [6.07, 6.45) is 3.36. The lowest BCUT2D eigenvalue weighted by molar-refractivity contribution is -0.112. The van der Waals surface area contributed by atoms with E-state index < -0.39 is 0 Å². The van der Waals surface area contributed by atoms with Crippen molar-refractivity contribution in [2.45, 2.75) is 0 Å². The van der Waals surface area contributed by atoms with Crippen LogP contribution in [0.3, 0.4) is 0 Å². The molecule has 0 unspecified atom stereocenters. The summed E-state index contributed by atoms with van der Waals surface area (Å²) >= 11 is 0. The lowest BCUT2D eigenvalue weighted by Gasteiger charge is -2.17. The quantitative estimate of drug-likeness (QED) is 0.750. The molecule has 4 rings (SSSR count). The predicted molar refractivity (Wildman–Crippen MR) is 83.8 cm³/mol. The highest BCUT2D eigenvalue weighted by molar-refractivity contribution is 6.26. The number of hydrogen-bond acceptors (Lipinski definition) is 5. The van der Waals surface area contributed by atoms with Gasteiger partial charge in [0.15, 0.2) is 5.78 Å². The van der Waals surface area contributed by atoms with Crippen LogP contribution in [0.15, 0.2) is 54.6 Å². The topological polar surface area (TPSA) is 87.9 Å². The van der Waals surface area contributed by atoms with Crippen LogP contribution in [-0.4, -0.2) is 27.3 Å². The molecule has 1 aromatic carbocycles. The number of Topliss-reactive ketones (excluding diaryl/α,β-unsaturated/α-hetero) is 1. The zero-order valence-corrected chi connectivity index (χ0v) is 11.7. The van der Waals surface area contributed by atoms with Crippen LogP contribution in [0.4, 0.5) is 5.69 Å². The highest BCUT2D eigenvalue weighted by atomic mass is 16.1. The Morgan fingerprint density at radius 2 is 2.05 bits per heavy atom. The summed E-state index contributed by atoms with van der Waals surface area (Å²) in [5.41, 5.74) is 9.11. The van der Waals surface area contributed by atoms with E-state index >= 15 is 0 Å². The Balaban J connectivity index is 1.82. The molecule has 1 aliphatic rings. The maximum absolute atomic E-state index is 12.4. The molecule has 0 saturated carbocycles. The first-order valence-electron chi connectivity index (χ1n) is 6.89. The largest absolute Gasteiger partial charge is 0.384 e. The van der Waals surface area contributed by atoms with Gasteiger partial charge < -0.3 is 15.6 Å². The molecule has 0 saturated heterocycles. The Labute approximate surface area is 126 Å². The van der Waals surface area contributed by atoms with E-state index in [-0.39, 0.29) is 12.3 Å². The molecule has 0 atom stereocenters. The third-order valence-electron chi connectivity index (χ3n) is 3.71. The van der Waals surface area contributed by atoms with Crippen molar-refractivity contribution in [3.05, 3.63) is 60.4 Å². The first-order valence-corrected chi connectivity index (χ1v) is 6.89. The number of carbonyl (C=O) groups excluding carboxylic acids is 1. The molecular weight excluding hydrogens is 278 g/mol. The van der Waals surface area contributed by atoms with Gasteiger partial charge in [-0.25, -0.2) is 4.98 Å². The molecule has 3 aromatic rings. The fraction of sp³-hybridized carbons (Fsp3) is 0.0625. The maximum atomic E-state index is 12.4. The second-order valence-electron chi connectivity index (χ2n) is 5.08. The molecule has 0 radical (unpaired) electrons. The normalized spacial score (nSPS) is 15.1. The minimum Gasteiger partial charge on any atom is -0.384 e. The number of nitrogens with two attached hydrogens (primary N) is 1. The molecule has 6 heteroatoms. The lowest BCUT2D eigenvalue weighted by Crippen LogP contribution is -2.25. The molecular formula is C16H13N5O. The van der Waals surface area contributed by atoms with E-state index in [2.05, 4.69) is 15.0 Å². The number of nitrogens with one attached hydrogen (secondary N) is 1. The van der Waals surface area contributed by atoms with Crippen LogP contribution in [0.5, 0.6) is 0 Å². The Morgan fingerprint density at radius 1 is 1.18 bits per heavy atom. The Kier molecular flexibility index (Phi) is 2.69. The van der Waals surface area contributed by atoms with Crippen LogP contribution in [0.25, 0.3) is 16.6 Å². The summed E-state index contributed by atoms with van der Waals surface area (Å²) in [5, 5.41) is 0. The van der Waals surface area contributed by atoms with Gasteiger partial charge in [0.1, 0.15) is 17.2 Å². The zero-order chi connectivity index (χ0) is 15.1. The molecule has 6 nitrogen and oxygen atoms in total. The van der Waals surface area contributed by atoms with E-state index in [1.807, 2.05) is 36.4 Å². The number of aromatic amines is 1. The number of aromatic nitrogens is 3. The van der Waals surface area contributed by atoms with Crippen molar-refractivity contribution in [3.63, 3.8) is 0 Å². The van der Waals surface area contributed by atoms with Gasteiger partial charge in [-0.2, -0.15) is 0 Å². The molecule has 1 aliphatic heterocycles. The zero-order valence-electron chi connectivity index (χ0n) is 11.7. The number of rotatable bonds is 2. The van der Waals surface area contributed by atoms with E-state index in [4.69, 9.17) is 5.73 Å². The molecule has 22 heavy (non-hydrogen) atoms. The monoisotopic (exact) mass is 291 g/mol. The minimum atomic E-state index is -0.0552. The molecule has 108 valence electrons. The van der Waals surface area contributed by atoms with Gasteiger partial charge in [-0.3, -0.25) is 9.78 Å². The first-order chi connectivity index (χ1) is 10.7.